The van der Waals surface area contributed by atoms with Crippen LogP contribution in [-0.4, -0.2) is 54.6 Å². The Kier molecular flexibility index (Phi) is 3.66. The van der Waals surface area contributed by atoms with Gasteiger partial charge in [0, 0.05) is 12.0 Å². The van der Waals surface area contributed by atoms with Gasteiger partial charge in [0.2, 0.25) is 0 Å². The molecular formula is C10H15N3O6. The number of nitrogens with zero attached hydrogens (tertiary/aromatic N) is 3. The highest BCUT2D eigenvalue weighted by Gasteiger charge is 2.58. The molecule has 1 N–H and O–H groups in total. The number of carbonyl (C=O) groups is 1. The second-order valence-corrected chi connectivity index (χ2v) is 4.76. The maximum atomic E-state index is 11.1. The average molecular weight is 273 g/mol. The summed E-state index contributed by atoms with van der Waals surface area (Å²) in [5.41, 5.74) is 8.45. The number of ether oxygens (including phenoxy) is 4. The predicted octanol–water partition coefficient (Wildman–Crippen LogP) is 0.641. The third kappa shape index (κ3) is 2.51. The van der Waals surface area contributed by atoms with Gasteiger partial charge in [0.05, 0.1) is 0 Å². The van der Waals surface area contributed by atoms with E-state index in [9.17, 15) is 4.79 Å². The quantitative estimate of drug-likeness (QED) is 0.455. The van der Waals surface area contributed by atoms with Crippen LogP contribution in [0.1, 0.15) is 13.8 Å². The van der Waals surface area contributed by atoms with Crippen molar-refractivity contribution in [3.63, 3.8) is 0 Å². The number of methoxy groups -OCH3 is 1. The number of rotatable bonds is 4. The summed E-state index contributed by atoms with van der Waals surface area (Å²) in [4.78, 5) is 13.7. The van der Waals surface area contributed by atoms with Crippen molar-refractivity contribution in [2.24, 2.45) is 5.11 Å². The molecule has 9 nitrogen and oxygen atoms in total. The maximum Gasteiger partial charge on any atom is 0.315 e. The number of carboxylic acid groups (broad SMARTS) is 1. The van der Waals surface area contributed by atoms with E-state index in [-0.39, 0.29) is 0 Å². The van der Waals surface area contributed by atoms with E-state index in [0.29, 0.717) is 0 Å². The lowest BCUT2D eigenvalue weighted by atomic mass is 10.0. The summed E-state index contributed by atoms with van der Waals surface area (Å²) in [6.07, 6.45) is -2.93. The van der Waals surface area contributed by atoms with Gasteiger partial charge in [-0.1, -0.05) is 5.11 Å². The fourth-order valence-corrected chi connectivity index (χ4v) is 2.35. The molecule has 19 heavy (non-hydrogen) atoms. The first-order chi connectivity index (χ1) is 8.89. The van der Waals surface area contributed by atoms with Gasteiger partial charge in [-0.25, -0.2) is 0 Å². The Labute approximate surface area is 109 Å². The van der Waals surface area contributed by atoms with Crippen molar-refractivity contribution in [2.45, 2.75) is 50.3 Å². The van der Waals surface area contributed by atoms with Gasteiger partial charge in [0.15, 0.2) is 18.1 Å². The molecule has 2 rings (SSSR count). The first-order valence-electron chi connectivity index (χ1n) is 5.70. The summed E-state index contributed by atoms with van der Waals surface area (Å²) in [6.45, 7) is 3.41. The van der Waals surface area contributed by atoms with Crippen LogP contribution in [0.25, 0.3) is 10.4 Å². The molecule has 2 fully saturated rings. The molecular weight excluding hydrogens is 258 g/mol. The Morgan fingerprint density at radius 1 is 1.47 bits per heavy atom. The number of hydrogen-bond acceptors (Lipinski definition) is 6. The molecule has 2 aliphatic rings. The van der Waals surface area contributed by atoms with Crippen LogP contribution in [0.3, 0.4) is 0 Å². The van der Waals surface area contributed by atoms with Crippen LogP contribution in [0.5, 0.6) is 0 Å². The Hall–Kier alpha value is -1.38. The van der Waals surface area contributed by atoms with Crippen LogP contribution in [0.2, 0.25) is 0 Å². The smallest absolute Gasteiger partial charge is 0.315 e. The van der Waals surface area contributed by atoms with E-state index in [1.807, 2.05) is 0 Å². The van der Waals surface area contributed by atoms with E-state index in [4.69, 9.17) is 29.6 Å². The lowest BCUT2D eigenvalue weighted by Crippen LogP contribution is -2.41. The molecule has 0 saturated carbocycles. The molecule has 0 bridgehead atoms. The molecule has 2 heterocycles. The molecule has 0 amide bonds. The number of hydrogen-bond donors (Lipinski definition) is 1. The topological polar surface area (TPSA) is 123 Å². The zero-order chi connectivity index (χ0) is 14.2. The molecule has 0 aromatic heterocycles. The predicted molar refractivity (Wildman–Crippen MR) is 60.1 cm³/mol. The normalized spacial score (nSPS) is 37.4. The average Bonchev–Trinajstić information content (AvgIpc) is 2.79. The molecule has 0 aromatic rings. The number of azide groups is 1. The molecule has 0 unspecified atom stereocenters. The van der Waals surface area contributed by atoms with Crippen molar-refractivity contribution in [2.75, 3.05) is 7.11 Å². The van der Waals surface area contributed by atoms with Crippen molar-refractivity contribution >= 4 is 5.97 Å². The molecule has 106 valence electrons. The van der Waals surface area contributed by atoms with E-state index in [0.717, 1.165) is 0 Å². The minimum atomic E-state index is -1.39. The number of aliphatic carboxylic acids is 1. The summed E-state index contributed by atoms with van der Waals surface area (Å²) in [7, 11) is 1.42. The van der Waals surface area contributed by atoms with Gasteiger partial charge >= 0.3 is 5.97 Å². The fourth-order valence-electron chi connectivity index (χ4n) is 2.35. The molecule has 5 atom stereocenters. The Morgan fingerprint density at radius 3 is 2.63 bits per heavy atom. The van der Waals surface area contributed by atoms with Crippen LogP contribution in [0.4, 0.5) is 0 Å². The third-order valence-electron chi connectivity index (χ3n) is 3.02. The largest absolute Gasteiger partial charge is 0.481 e. The van der Waals surface area contributed by atoms with Crippen molar-refractivity contribution in [1.82, 2.24) is 0 Å². The van der Waals surface area contributed by atoms with Crippen molar-refractivity contribution in [3.8, 4) is 0 Å². The van der Waals surface area contributed by atoms with Gasteiger partial charge in [-0.2, -0.15) is 0 Å². The van der Waals surface area contributed by atoms with Crippen LogP contribution in [0.15, 0.2) is 5.11 Å². The Bertz CT molecular complexity index is 419. The molecule has 0 aliphatic carbocycles. The summed E-state index contributed by atoms with van der Waals surface area (Å²) in [6, 6.07) is -1.39. The Morgan fingerprint density at radius 2 is 2.11 bits per heavy atom. The van der Waals surface area contributed by atoms with Gasteiger partial charge in [0.1, 0.15) is 18.3 Å². The maximum absolute atomic E-state index is 11.1. The molecule has 0 radical (unpaired) electrons. The molecule has 2 saturated heterocycles. The molecule has 9 heteroatoms. The summed E-state index contributed by atoms with van der Waals surface area (Å²) < 4.78 is 21.8. The van der Waals surface area contributed by atoms with E-state index < -0.39 is 42.4 Å². The fraction of sp³-hybridized carbons (Fsp3) is 0.900. The van der Waals surface area contributed by atoms with E-state index in [2.05, 4.69) is 10.0 Å². The lowest BCUT2D eigenvalue weighted by Gasteiger charge is -2.24. The second kappa shape index (κ2) is 4.95. The van der Waals surface area contributed by atoms with Crippen LogP contribution in [-0.2, 0) is 23.7 Å². The van der Waals surface area contributed by atoms with Crippen molar-refractivity contribution in [3.05, 3.63) is 10.4 Å². The zero-order valence-electron chi connectivity index (χ0n) is 10.7. The highest BCUT2D eigenvalue weighted by atomic mass is 16.8. The molecule has 0 spiro atoms. The summed E-state index contributed by atoms with van der Waals surface area (Å²) in [5.74, 6) is -2.15. The van der Waals surface area contributed by atoms with Gasteiger partial charge in [-0.05, 0) is 19.4 Å². The van der Waals surface area contributed by atoms with Gasteiger partial charge in [-0.15, -0.1) is 0 Å². The first kappa shape index (κ1) is 14.0. The highest BCUT2D eigenvalue weighted by molar-refractivity contribution is 5.74. The van der Waals surface area contributed by atoms with Gasteiger partial charge in [-0.3, -0.25) is 4.79 Å². The zero-order valence-corrected chi connectivity index (χ0v) is 10.7. The summed E-state index contributed by atoms with van der Waals surface area (Å²) >= 11 is 0. The van der Waals surface area contributed by atoms with E-state index in [1.165, 1.54) is 7.11 Å². The Balaban J connectivity index is 2.26. The molecule has 0 aromatic carbocycles. The van der Waals surface area contributed by atoms with E-state index >= 15 is 0 Å². The van der Waals surface area contributed by atoms with Crippen molar-refractivity contribution < 1.29 is 28.8 Å². The van der Waals surface area contributed by atoms with Crippen molar-refractivity contribution in [1.29, 1.82) is 0 Å². The second-order valence-electron chi connectivity index (χ2n) is 4.76. The SMILES string of the molecule is CO[C@@H]1O[C@H]([C@H](N=[N+]=[N-])C(=O)O)[C@H]2OC(C)(C)O[C@@H]12. The van der Waals surface area contributed by atoms with Crippen LogP contribution in [0, 0.1) is 0 Å². The van der Waals surface area contributed by atoms with Gasteiger partial charge in [0.25, 0.3) is 0 Å². The monoisotopic (exact) mass is 273 g/mol. The molecule has 2 aliphatic heterocycles. The van der Waals surface area contributed by atoms with Crippen LogP contribution >= 0.6 is 0 Å². The number of carboxylic acids is 1. The lowest BCUT2D eigenvalue weighted by molar-refractivity contribution is -0.229. The first-order valence-corrected chi connectivity index (χ1v) is 5.70. The summed E-state index contributed by atoms with van der Waals surface area (Å²) in [5, 5.41) is 12.3. The minimum absolute atomic E-state index is 0.555. The van der Waals surface area contributed by atoms with Gasteiger partial charge < -0.3 is 24.1 Å². The van der Waals surface area contributed by atoms with Crippen LogP contribution < -0.4 is 0 Å². The third-order valence-corrected chi connectivity index (χ3v) is 3.02. The highest BCUT2D eigenvalue weighted by Crippen LogP contribution is 2.40. The van der Waals surface area contributed by atoms with E-state index in [1.54, 1.807) is 13.8 Å². The standard InChI is InChI=1S/C10H15N3O6/c1-10(2)18-6-5(4(8(14)15)12-13-11)17-9(16-3)7(6)19-10/h4-7,9H,1-3H3,(H,14,15)/t4-,5+,6+,7+,9+/m0/s1. The number of fused-ring (bicyclic) bond motifs is 1. The minimum Gasteiger partial charge on any atom is -0.481 e.